The third-order valence-electron chi connectivity index (χ3n) is 4.73. The highest BCUT2D eigenvalue weighted by molar-refractivity contribution is 7.89. The lowest BCUT2D eigenvalue weighted by Gasteiger charge is -2.24. The molecule has 8 heteroatoms. The van der Waals surface area contributed by atoms with Crippen LogP contribution in [-0.4, -0.2) is 62.4 Å². The molecule has 0 aromatic heterocycles. The van der Waals surface area contributed by atoms with Crippen LogP contribution in [0, 0.1) is 12.7 Å². The van der Waals surface area contributed by atoms with Gasteiger partial charge in [-0.05, 0) is 49.9 Å². The highest BCUT2D eigenvalue weighted by Gasteiger charge is 2.32. The first-order valence-corrected chi connectivity index (χ1v) is 10.0. The van der Waals surface area contributed by atoms with E-state index in [1.165, 1.54) is 16.4 Å². The summed E-state index contributed by atoms with van der Waals surface area (Å²) in [7, 11) is -3.70. The van der Waals surface area contributed by atoms with Gasteiger partial charge in [-0.15, -0.1) is 0 Å². The molecule has 2 aliphatic rings. The first kappa shape index (κ1) is 18.3. The number of hydrogen-bond donors (Lipinski definition) is 0. The summed E-state index contributed by atoms with van der Waals surface area (Å²) in [6.45, 7) is 3.63. The molecule has 3 rings (SSSR count). The molecule has 1 unspecified atom stereocenters. The smallest absolute Gasteiger partial charge is 0.251 e. The summed E-state index contributed by atoms with van der Waals surface area (Å²) in [4.78, 5) is 14.3. The van der Waals surface area contributed by atoms with Gasteiger partial charge in [0.05, 0.1) is 4.90 Å². The van der Waals surface area contributed by atoms with E-state index in [0.717, 1.165) is 18.9 Å². The lowest BCUT2D eigenvalue weighted by molar-refractivity contribution is -0.140. The maximum atomic E-state index is 13.3. The molecule has 0 radical (unpaired) electrons. The van der Waals surface area contributed by atoms with Crippen LogP contribution in [0.25, 0.3) is 0 Å². The molecule has 2 aliphatic heterocycles. The zero-order chi connectivity index (χ0) is 18.0. The van der Waals surface area contributed by atoms with Crippen LogP contribution in [0.3, 0.4) is 0 Å². The lowest BCUT2D eigenvalue weighted by Crippen LogP contribution is -2.41. The number of hydrogen-bond acceptors (Lipinski definition) is 4. The summed E-state index contributed by atoms with van der Waals surface area (Å²) in [5.41, 5.74) is 0.386. The predicted molar refractivity (Wildman–Crippen MR) is 90.1 cm³/mol. The highest BCUT2D eigenvalue weighted by Crippen LogP contribution is 2.23. The maximum absolute atomic E-state index is 13.3. The fourth-order valence-electron chi connectivity index (χ4n) is 3.37. The molecule has 1 aromatic carbocycles. The second-order valence-electron chi connectivity index (χ2n) is 6.49. The van der Waals surface area contributed by atoms with Crippen molar-refractivity contribution in [3.05, 3.63) is 29.6 Å². The van der Waals surface area contributed by atoms with Gasteiger partial charge >= 0.3 is 0 Å². The minimum Gasteiger partial charge on any atom is -0.368 e. The van der Waals surface area contributed by atoms with Crippen molar-refractivity contribution in [3.63, 3.8) is 0 Å². The fourth-order valence-corrected chi connectivity index (χ4v) is 5.05. The Kier molecular flexibility index (Phi) is 5.41. The first-order valence-electron chi connectivity index (χ1n) is 8.56. The Morgan fingerprint density at radius 2 is 2.00 bits per heavy atom. The van der Waals surface area contributed by atoms with E-state index in [9.17, 15) is 17.6 Å². The fraction of sp³-hybridized carbons (Fsp3) is 0.588. The van der Waals surface area contributed by atoms with Crippen molar-refractivity contribution in [1.82, 2.24) is 9.21 Å². The van der Waals surface area contributed by atoms with E-state index in [1.807, 2.05) is 0 Å². The number of rotatable bonds is 3. The zero-order valence-electron chi connectivity index (χ0n) is 14.3. The van der Waals surface area contributed by atoms with Gasteiger partial charge in [-0.3, -0.25) is 4.79 Å². The van der Waals surface area contributed by atoms with Crippen molar-refractivity contribution in [2.24, 2.45) is 0 Å². The van der Waals surface area contributed by atoms with E-state index >= 15 is 0 Å². The number of sulfonamides is 1. The molecule has 0 bridgehead atoms. The number of benzene rings is 1. The second kappa shape index (κ2) is 7.39. The average molecular weight is 370 g/mol. The van der Waals surface area contributed by atoms with Crippen LogP contribution in [0.2, 0.25) is 0 Å². The first-order chi connectivity index (χ1) is 11.9. The van der Waals surface area contributed by atoms with Crippen molar-refractivity contribution in [2.75, 3.05) is 32.8 Å². The number of carbonyl (C=O) groups excluding carboxylic acids is 1. The average Bonchev–Trinajstić information content (AvgIpc) is 2.97. The Morgan fingerprint density at radius 3 is 2.68 bits per heavy atom. The van der Waals surface area contributed by atoms with Crippen LogP contribution in [-0.2, 0) is 19.6 Å². The van der Waals surface area contributed by atoms with E-state index in [1.54, 1.807) is 11.8 Å². The van der Waals surface area contributed by atoms with Gasteiger partial charge in [-0.25, -0.2) is 12.8 Å². The normalized spacial score (nSPS) is 22.8. The molecular weight excluding hydrogens is 347 g/mol. The van der Waals surface area contributed by atoms with E-state index in [0.29, 0.717) is 38.2 Å². The summed E-state index contributed by atoms with van der Waals surface area (Å²) in [5, 5.41) is 0. The van der Waals surface area contributed by atoms with Crippen molar-refractivity contribution < 1.29 is 22.3 Å². The Morgan fingerprint density at radius 1 is 1.20 bits per heavy atom. The molecule has 25 heavy (non-hydrogen) atoms. The van der Waals surface area contributed by atoms with Gasteiger partial charge in [-0.2, -0.15) is 4.31 Å². The van der Waals surface area contributed by atoms with E-state index in [2.05, 4.69) is 0 Å². The second-order valence-corrected chi connectivity index (χ2v) is 8.40. The number of carbonyl (C=O) groups is 1. The van der Waals surface area contributed by atoms with Crippen molar-refractivity contribution in [1.29, 1.82) is 0 Å². The van der Waals surface area contributed by atoms with E-state index < -0.39 is 15.8 Å². The van der Waals surface area contributed by atoms with Gasteiger partial charge < -0.3 is 9.64 Å². The van der Waals surface area contributed by atoms with Crippen LogP contribution in [0.5, 0.6) is 0 Å². The zero-order valence-corrected chi connectivity index (χ0v) is 15.1. The highest BCUT2D eigenvalue weighted by atomic mass is 32.2. The monoisotopic (exact) mass is 370 g/mol. The van der Waals surface area contributed by atoms with Crippen molar-refractivity contribution in [2.45, 2.75) is 37.2 Å². The number of nitrogens with zero attached hydrogens (tertiary/aromatic N) is 2. The quantitative estimate of drug-likeness (QED) is 0.809. The topological polar surface area (TPSA) is 66.9 Å². The lowest BCUT2D eigenvalue weighted by atomic mass is 10.2. The molecular formula is C17H23FN2O4S. The van der Waals surface area contributed by atoms with Crippen LogP contribution in [0.4, 0.5) is 4.39 Å². The molecule has 0 spiro atoms. The van der Waals surface area contributed by atoms with Gasteiger partial charge in [0, 0.05) is 32.8 Å². The van der Waals surface area contributed by atoms with Crippen molar-refractivity contribution in [3.8, 4) is 0 Å². The van der Waals surface area contributed by atoms with Crippen LogP contribution in [0.1, 0.15) is 24.8 Å². The van der Waals surface area contributed by atoms with Crippen LogP contribution in [0.15, 0.2) is 23.1 Å². The standard InChI is InChI=1S/C17H23FN2O4S/c1-13-12-14(18)5-6-16(13)25(22,23)20-8-3-7-19(9-10-20)17(21)15-4-2-11-24-15/h5-6,12,15H,2-4,7-11H2,1H3. The van der Waals surface area contributed by atoms with Gasteiger partial charge in [0.2, 0.25) is 10.0 Å². The Hall–Kier alpha value is -1.51. The van der Waals surface area contributed by atoms with Crippen LogP contribution >= 0.6 is 0 Å². The number of halogens is 1. The van der Waals surface area contributed by atoms with Crippen molar-refractivity contribution >= 4 is 15.9 Å². The Labute approximate surface area is 147 Å². The molecule has 1 atom stereocenters. The number of aryl methyl sites for hydroxylation is 1. The van der Waals surface area contributed by atoms with Gasteiger partial charge in [0.25, 0.3) is 5.91 Å². The minimum absolute atomic E-state index is 0.0466. The number of amides is 1. The maximum Gasteiger partial charge on any atom is 0.251 e. The molecule has 2 saturated heterocycles. The molecule has 0 N–H and O–H groups in total. The third kappa shape index (κ3) is 3.86. The summed E-state index contributed by atoms with van der Waals surface area (Å²) in [6.07, 6.45) is 1.79. The van der Waals surface area contributed by atoms with Gasteiger partial charge in [0.15, 0.2) is 0 Å². The Bertz CT molecular complexity index is 747. The predicted octanol–water partition coefficient (Wildman–Crippen LogP) is 1.54. The molecule has 0 saturated carbocycles. The summed E-state index contributed by atoms with van der Waals surface area (Å²) < 4.78 is 45.9. The SMILES string of the molecule is Cc1cc(F)ccc1S(=O)(=O)N1CCCN(C(=O)C2CCCO2)CC1. The van der Waals surface area contributed by atoms with Gasteiger partial charge in [-0.1, -0.05) is 0 Å². The van der Waals surface area contributed by atoms with Crippen LogP contribution < -0.4 is 0 Å². The number of ether oxygens (including phenoxy) is 1. The summed E-state index contributed by atoms with van der Waals surface area (Å²) in [6, 6.07) is 3.68. The third-order valence-corrected chi connectivity index (χ3v) is 6.79. The molecule has 2 heterocycles. The van der Waals surface area contributed by atoms with E-state index in [4.69, 9.17) is 4.74 Å². The molecule has 1 amide bonds. The molecule has 2 fully saturated rings. The molecule has 138 valence electrons. The van der Waals surface area contributed by atoms with Gasteiger partial charge in [0.1, 0.15) is 11.9 Å². The molecule has 0 aliphatic carbocycles. The molecule has 1 aromatic rings. The van der Waals surface area contributed by atoms with E-state index in [-0.39, 0.29) is 23.5 Å². The molecule has 6 nitrogen and oxygen atoms in total. The summed E-state index contributed by atoms with van der Waals surface area (Å²) >= 11 is 0. The Balaban J connectivity index is 1.72. The summed E-state index contributed by atoms with van der Waals surface area (Å²) in [5.74, 6) is -0.504. The largest absolute Gasteiger partial charge is 0.368 e. The minimum atomic E-state index is -3.70.